The molecule has 4 heteroatoms. The molecule has 0 saturated heterocycles. The van der Waals surface area contributed by atoms with Gasteiger partial charge in [-0.1, -0.05) is 54.0 Å². The van der Waals surface area contributed by atoms with Crippen molar-refractivity contribution < 1.29 is 14.2 Å². The molecule has 0 N–H and O–H groups in total. The molecule has 0 aliphatic carbocycles. The summed E-state index contributed by atoms with van der Waals surface area (Å²) in [6.07, 6.45) is 0. The van der Waals surface area contributed by atoms with E-state index in [0.717, 1.165) is 10.0 Å². The van der Waals surface area contributed by atoms with Crippen molar-refractivity contribution in [3.63, 3.8) is 0 Å². The van der Waals surface area contributed by atoms with Crippen LogP contribution in [-0.2, 0) is 6.61 Å². The van der Waals surface area contributed by atoms with Gasteiger partial charge in [-0.3, -0.25) is 0 Å². The van der Waals surface area contributed by atoms with Gasteiger partial charge in [-0.2, -0.15) is 0 Å². The molecule has 0 radical (unpaired) electrons. The molecular weight excluding hydrogens is 344 g/mol. The molecule has 0 heterocycles. The zero-order valence-corrected chi connectivity index (χ0v) is 14.9. The topological polar surface area (TPSA) is 27.7 Å². The zero-order valence-electron chi connectivity index (χ0n) is 13.4. The third kappa shape index (κ3) is 3.95. The van der Waals surface area contributed by atoms with E-state index < -0.39 is 0 Å². The van der Waals surface area contributed by atoms with Gasteiger partial charge in [0.25, 0.3) is 0 Å². The lowest BCUT2D eigenvalue weighted by Gasteiger charge is -2.15. The van der Waals surface area contributed by atoms with Gasteiger partial charge in [0.2, 0.25) is 5.75 Å². The van der Waals surface area contributed by atoms with Crippen molar-refractivity contribution in [1.29, 1.82) is 0 Å². The van der Waals surface area contributed by atoms with Gasteiger partial charge in [-0.15, -0.1) is 0 Å². The first-order chi connectivity index (χ1) is 10.5. The van der Waals surface area contributed by atoms with E-state index >= 15 is 0 Å². The summed E-state index contributed by atoms with van der Waals surface area (Å²) in [5, 5.41) is 0. The molecule has 2 aromatic carbocycles. The van der Waals surface area contributed by atoms with Crippen molar-refractivity contribution in [3.05, 3.63) is 52.0 Å². The molecule has 0 aromatic heterocycles. The molecule has 118 valence electrons. The Balaban J connectivity index is 2.17. The quantitative estimate of drug-likeness (QED) is 0.707. The first-order valence-corrected chi connectivity index (χ1v) is 7.97. The second-order valence-corrected chi connectivity index (χ2v) is 6.24. The molecule has 2 aromatic rings. The standard InChI is InChI=1S/C18H21BrO3/c1-12(2)14-7-5-13(6-8-14)11-22-18-16(20-3)9-15(19)10-17(18)21-4/h5-10,12H,11H2,1-4H3. The Hall–Kier alpha value is -1.68. The normalized spacial score (nSPS) is 10.6. The van der Waals surface area contributed by atoms with Gasteiger partial charge in [0.05, 0.1) is 14.2 Å². The van der Waals surface area contributed by atoms with Gasteiger partial charge in [0, 0.05) is 4.47 Å². The Kier molecular flexibility index (Phi) is 5.72. The smallest absolute Gasteiger partial charge is 0.203 e. The molecule has 0 atom stereocenters. The van der Waals surface area contributed by atoms with Gasteiger partial charge >= 0.3 is 0 Å². The van der Waals surface area contributed by atoms with Crippen LogP contribution in [-0.4, -0.2) is 14.2 Å². The van der Waals surface area contributed by atoms with Gasteiger partial charge in [0.1, 0.15) is 6.61 Å². The fourth-order valence-electron chi connectivity index (χ4n) is 2.14. The molecule has 0 unspecified atom stereocenters. The predicted octanol–water partition coefficient (Wildman–Crippen LogP) is 5.17. The molecule has 0 fully saturated rings. The van der Waals surface area contributed by atoms with Crippen LogP contribution in [0.1, 0.15) is 30.9 Å². The monoisotopic (exact) mass is 364 g/mol. The summed E-state index contributed by atoms with van der Waals surface area (Å²) < 4.78 is 17.6. The largest absolute Gasteiger partial charge is 0.493 e. The molecule has 0 spiro atoms. The van der Waals surface area contributed by atoms with Crippen molar-refractivity contribution in [3.8, 4) is 17.2 Å². The zero-order chi connectivity index (χ0) is 16.1. The van der Waals surface area contributed by atoms with Crippen molar-refractivity contribution in [2.75, 3.05) is 14.2 Å². The van der Waals surface area contributed by atoms with Gasteiger partial charge in [0.15, 0.2) is 11.5 Å². The SMILES string of the molecule is COc1cc(Br)cc(OC)c1OCc1ccc(C(C)C)cc1. The van der Waals surface area contributed by atoms with Crippen molar-refractivity contribution in [1.82, 2.24) is 0 Å². The van der Waals surface area contributed by atoms with Crippen LogP contribution in [0.5, 0.6) is 17.2 Å². The molecule has 2 rings (SSSR count). The Morgan fingerprint density at radius 3 is 1.95 bits per heavy atom. The van der Waals surface area contributed by atoms with Crippen molar-refractivity contribution >= 4 is 15.9 Å². The van der Waals surface area contributed by atoms with E-state index in [9.17, 15) is 0 Å². The third-order valence-electron chi connectivity index (χ3n) is 3.45. The Morgan fingerprint density at radius 1 is 0.955 bits per heavy atom. The average Bonchev–Trinajstić information content (AvgIpc) is 2.53. The fraction of sp³-hybridized carbons (Fsp3) is 0.333. The van der Waals surface area contributed by atoms with Gasteiger partial charge in [-0.25, -0.2) is 0 Å². The van der Waals surface area contributed by atoms with E-state index in [0.29, 0.717) is 29.8 Å². The molecule has 0 aliphatic rings. The van der Waals surface area contributed by atoms with Crippen LogP contribution < -0.4 is 14.2 Å². The van der Waals surface area contributed by atoms with E-state index in [1.165, 1.54) is 5.56 Å². The highest BCUT2D eigenvalue weighted by Crippen LogP contribution is 2.40. The Labute approximate surface area is 140 Å². The summed E-state index contributed by atoms with van der Waals surface area (Å²) in [4.78, 5) is 0. The van der Waals surface area contributed by atoms with E-state index in [2.05, 4.69) is 54.0 Å². The summed E-state index contributed by atoms with van der Waals surface area (Å²) in [6.45, 7) is 4.83. The number of hydrogen-bond acceptors (Lipinski definition) is 3. The second kappa shape index (κ2) is 7.54. The first-order valence-electron chi connectivity index (χ1n) is 7.18. The number of halogens is 1. The maximum Gasteiger partial charge on any atom is 0.203 e. The summed E-state index contributed by atoms with van der Waals surface area (Å²) in [5.74, 6) is 2.43. The fourth-order valence-corrected chi connectivity index (χ4v) is 2.56. The maximum absolute atomic E-state index is 5.92. The van der Waals surface area contributed by atoms with E-state index in [4.69, 9.17) is 14.2 Å². The Bertz CT molecular complexity index is 596. The number of benzene rings is 2. The van der Waals surface area contributed by atoms with Crippen LogP contribution in [0.2, 0.25) is 0 Å². The second-order valence-electron chi connectivity index (χ2n) is 5.32. The van der Waals surface area contributed by atoms with Gasteiger partial charge in [-0.05, 0) is 29.2 Å². The highest BCUT2D eigenvalue weighted by molar-refractivity contribution is 9.10. The lowest BCUT2D eigenvalue weighted by atomic mass is 10.0. The van der Waals surface area contributed by atoms with Crippen molar-refractivity contribution in [2.24, 2.45) is 0 Å². The first kappa shape index (κ1) is 16.7. The lowest BCUT2D eigenvalue weighted by Crippen LogP contribution is -2.00. The summed E-state index contributed by atoms with van der Waals surface area (Å²) in [7, 11) is 3.23. The van der Waals surface area contributed by atoms with E-state index in [-0.39, 0.29) is 0 Å². The predicted molar refractivity (Wildman–Crippen MR) is 92.1 cm³/mol. The van der Waals surface area contributed by atoms with Gasteiger partial charge < -0.3 is 14.2 Å². The number of hydrogen-bond donors (Lipinski definition) is 0. The minimum absolute atomic E-state index is 0.465. The number of rotatable bonds is 6. The highest BCUT2D eigenvalue weighted by atomic mass is 79.9. The lowest BCUT2D eigenvalue weighted by molar-refractivity contribution is 0.265. The molecule has 22 heavy (non-hydrogen) atoms. The molecule has 3 nitrogen and oxygen atoms in total. The van der Waals surface area contributed by atoms with E-state index in [1.807, 2.05) is 12.1 Å². The van der Waals surface area contributed by atoms with Crippen LogP contribution >= 0.6 is 15.9 Å². The Morgan fingerprint density at radius 2 is 1.50 bits per heavy atom. The van der Waals surface area contributed by atoms with Crippen molar-refractivity contribution in [2.45, 2.75) is 26.4 Å². The number of methoxy groups -OCH3 is 2. The molecule has 0 saturated carbocycles. The molecule has 0 aliphatic heterocycles. The minimum atomic E-state index is 0.465. The van der Waals surface area contributed by atoms with Crippen LogP contribution in [0.3, 0.4) is 0 Å². The highest BCUT2D eigenvalue weighted by Gasteiger charge is 2.13. The number of ether oxygens (including phenoxy) is 3. The molecule has 0 amide bonds. The summed E-state index contributed by atoms with van der Waals surface area (Å²) in [5.41, 5.74) is 2.43. The third-order valence-corrected chi connectivity index (χ3v) is 3.91. The van der Waals surface area contributed by atoms with Crippen LogP contribution in [0.25, 0.3) is 0 Å². The van der Waals surface area contributed by atoms with Crippen LogP contribution in [0.4, 0.5) is 0 Å². The molecular formula is C18H21BrO3. The maximum atomic E-state index is 5.92. The average molecular weight is 365 g/mol. The summed E-state index contributed by atoms with van der Waals surface area (Å²) >= 11 is 3.43. The molecule has 0 bridgehead atoms. The van der Waals surface area contributed by atoms with E-state index in [1.54, 1.807) is 14.2 Å². The minimum Gasteiger partial charge on any atom is -0.493 e. The van der Waals surface area contributed by atoms with Crippen LogP contribution in [0.15, 0.2) is 40.9 Å². The summed E-state index contributed by atoms with van der Waals surface area (Å²) in [6, 6.07) is 12.2. The van der Waals surface area contributed by atoms with Crippen LogP contribution in [0, 0.1) is 0 Å².